The molecule has 3 aliphatic rings. The number of hydrogen-bond donors (Lipinski definition) is 4. The van der Waals surface area contributed by atoms with E-state index in [1.54, 1.807) is 6.08 Å². The Labute approximate surface area is 171 Å². The van der Waals surface area contributed by atoms with Gasteiger partial charge in [0.15, 0.2) is 0 Å². The summed E-state index contributed by atoms with van der Waals surface area (Å²) in [5.41, 5.74) is 10.1. The fourth-order valence-electron chi connectivity index (χ4n) is 3.17. The minimum absolute atomic E-state index is 0.232. The van der Waals surface area contributed by atoms with Crippen molar-refractivity contribution in [1.29, 1.82) is 5.41 Å². The van der Waals surface area contributed by atoms with Crippen molar-refractivity contribution in [2.45, 2.75) is 13.8 Å². The van der Waals surface area contributed by atoms with Crippen molar-refractivity contribution >= 4 is 24.0 Å². The highest BCUT2D eigenvalue weighted by Crippen LogP contribution is 2.23. The number of piperazine rings is 1. The highest BCUT2D eigenvalue weighted by molar-refractivity contribution is 7.96. The summed E-state index contributed by atoms with van der Waals surface area (Å²) in [6.07, 6.45) is 13.3. The van der Waals surface area contributed by atoms with E-state index in [-0.39, 0.29) is 5.92 Å². The number of dihydropyridines is 2. The molecule has 0 atom stereocenters. The van der Waals surface area contributed by atoms with Crippen molar-refractivity contribution in [3.05, 3.63) is 59.0 Å². The SMILES string of the molecule is CSN1CCN(C2=CNC3=CC=C(N=C(N)C=C(C=N)C(C)C)NC3=C2)CC1. The molecule has 3 aliphatic heterocycles. The van der Waals surface area contributed by atoms with Crippen molar-refractivity contribution in [2.75, 3.05) is 32.4 Å². The smallest absolute Gasteiger partial charge is 0.132 e. The van der Waals surface area contributed by atoms with Crippen LogP contribution < -0.4 is 16.4 Å². The van der Waals surface area contributed by atoms with E-state index in [1.807, 2.05) is 37.9 Å². The largest absolute Gasteiger partial charge is 0.384 e. The van der Waals surface area contributed by atoms with Crippen LogP contribution in [0.3, 0.4) is 0 Å². The van der Waals surface area contributed by atoms with E-state index in [0.29, 0.717) is 11.7 Å². The van der Waals surface area contributed by atoms with Crippen molar-refractivity contribution in [3.63, 3.8) is 0 Å². The number of amidine groups is 1. The molecule has 0 amide bonds. The molecule has 0 aliphatic carbocycles. The summed E-state index contributed by atoms with van der Waals surface area (Å²) in [4.78, 5) is 6.86. The van der Waals surface area contributed by atoms with Gasteiger partial charge >= 0.3 is 0 Å². The summed E-state index contributed by atoms with van der Waals surface area (Å²) >= 11 is 1.81. The standard InChI is InChI=1S/C20H29N7S/c1-14(2)15(12-21)10-19(22)25-20-5-4-17-18(24-20)11-16(13-23-17)26-6-8-27(28-3)9-7-26/h4-5,10-14,21,23-24H,6-9H2,1-3H3,(H2,22,25). The molecule has 0 aromatic carbocycles. The molecule has 3 heterocycles. The molecule has 0 aromatic heterocycles. The Morgan fingerprint density at radius 1 is 1.25 bits per heavy atom. The van der Waals surface area contributed by atoms with Crippen LogP contribution in [0, 0.1) is 11.3 Å². The molecule has 0 radical (unpaired) electrons. The lowest BCUT2D eigenvalue weighted by molar-refractivity contribution is 0.245. The van der Waals surface area contributed by atoms with Gasteiger partial charge in [0.1, 0.15) is 11.7 Å². The maximum Gasteiger partial charge on any atom is 0.132 e. The van der Waals surface area contributed by atoms with Crippen LogP contribution >= 0.6 is 11.9 Å². The third kappa shape index (κ3) is 4.88. The fourth-order valence-corrected chi connectivity index (χ4v) is 3.70. The Morgan fingerprint density at radius 3 is 2.64 bits per heavy atom. The number of nitrogens with zero attached hydrogens (tertiary/aromatic N) is 3. The van der Waals surface area contributed by atoms with E-state index < -0.39 is 0 Å². The molecule has 0 spiro atoms. The summed E-state index contributed by atoms with van der Waals surface area (Å²) in [7, 11) is 0. The van der Waals surface area contributed by atoms with Crippen molar-refractivity contribution in [3.8, 4) is 0 Å². The van der Waals surface area contributed by atoms with Gasteiger partial charge < -0.3 is 26.7 Å². The van der Waals surface area contributed by atoms with E-state index in [2.05, 4.69) is 43.4 Å². The molecular formula is C20H29N7S. The first-order chi connectivity index (χ1) is 13.5. The number of fused-ring (bicyclic) bond motifs is 1. The van der Waals surface area contributed by atoms with E-state index in [4.69, 9.17) is 11.1 Å². The van der Waals surface area contributed by atoms with Gasteiger partial charge in [-0.2, -0.15) is 0 Å². The lowest BCUT2D eigenvalue weighted by Gasteiger charge is -2.36. The zero-order valence-corrected chi connectivity index (χ0v) is 17.5. The Morgan fingerprint density at radius 2 is 2.00 bits per heavy atom. The first-order valence-corrected chi connectivity index (χ1v) is 10.7. The summed E-state index contributed by atoms with van der Waals surface area (Å²) in [6, 6.07) is 0. The summed E-state index contributed by atoms with van der Waals surface area (Å²) in [5, 5.41) is 14.2. The molecule has 150 valence electrons. The Balaban J connectivity index is 1.70. The normalized spacial score (nSPS) is 21.1. The first-order valence-electron chi connectivity index (χ1n) is 9.48. The number of hydrogen-bond acceptors (Lipinski definition) is 7. The summed E-state index contributed by atoms with van der Waals surface area (Å²) < 4.78 is 2.39. The zero-order chi connectivity index (χ0) is 20.1. The molecule has 0 saturated carbocycles. The van der Waals surface area contributed by atoms with Crippen LogP contribution in [0.1, 0.15) is 13.8 Å². The zero-order valence-electron chi connectivity index (χ0n) is 16.7. The molecule has 0 aromatic rings. The molecule has 1 fully saturated rings. The van der Waals surface area contributed by atoms with Gasteiger partial charge in [-0.1, -0.05) is 25.8 Å². The summed E-state index contributed by atoms with van der Waals surface area (Å²) in [5.74, 6) is 1.30. The molecular weight excluding hydrogens is 370 g/mol. The lowest BCUT2D eigenvalue weighted by Crippen LogP contribution is -2.43. The molecule has 0 unspecified atom stereocenters. The number of aliphatic imine (C=N–C) groups is 1. The van der Waals surface area contributed by atoms with Crippen LogP contribution in [0.4, 0.5) is 0 Å². The average molecular weight is 400 g/mol. The van der Waals surface area contributed by atoms with Crippen LogP contribution in [0.15, 0.2) is 64.0 Å². The minimum atomic E-state index is 0.232. The first kappa shape index (κ1) is 20.3. The van der Waals surface area contributed by atoms with Crippen molar-refractivity contribution < 1.29 is 0 Å². The van der Waals surface area contributed by atoms with Gasteiger partial charge in [-0.25, -0.2) is 9.30 Å². The lowest BCUT2D eigenvalue weighted by atomic mass is 10.0. The van der Waals surface area contributed by atoms with E-state index in [0.717, 1.165) is 43.1 Å². The highest BCUT2D eigenvalue weighted by atomic mass is 32.2. The van der Waals surface area contributed by atoms with Crippen molar-refractivity contribution in [2.24, 2.45) is 16.6 Å². The molecule has 3 rings (SSSR count). The highest BCUT2D eigenvalue weighted by Gasteiger charge is 2.21. The van der Waals surface area contributed by atoms with Gasteiger partial charge in [-0.05, 0) is 42.1 Å². The molecule has 0 bridgehead atoms. The van der Waals surface area contributed by atoms with E-state index in [1.165, 1.54) is 11.9 Å². The number of nitrogens with one attached hydrogen (secondary N) is 3. The predicted octanol–water partition coefficient (Wildman–Crippen LogP) is 2.13. The number of rotatable bonds is 6. The van der Waals surface area contributed by atoms with E-state index >= 15 is 0 Å². The number of nitrogens with two attached hydrogens (primary N) is 1. The van der Waals surface area contributed by atoms with Crippen LogP contribution in [0.2, 0.25) is 0 Å². The van der Waals surface area contributed by atoms with Gasteiger partial charge in [0.2, 0.25) is 0 Å². The minimum Gasteiger partial charge on any atom is -0.384 e. The number of allylic oxidation sites excluding steroid dienone is 4. The Kier molecular flexibility index (Phi) is 6.64. The van der Waals surface area contributed by atoms with Gasteiger partial charge in [0.25, 0.3) is 0 Å². The van der Waals surface area contributed by atoms with Gasteiger partial charge in [-0.15, -0.1) is 0 Å². The van der Waals surface area contributed by atoms with Crippen LogP contribution in [0.5, 0.6) is 0 Å². The second kappa shape index (κ2) is 9.16. The predicted molar refractivity (Wildman–Crippen MR) is 119 cm³/mol. The van der Waals surface area contributed by atoms with E-state index in [9.17, 15) is 0 Å². The third-order valence-corrected chi connectivity index (χ3v) is 5.77. The van der Waals surface area contributed by atoms with Gasteiger partial charge in [0, 0.05) is 38.6 Å². The third-order valence-electron chi connectivity index (χ3n) is 4.89. The quantitative estimate of drug-likeness (QED) is 0.311. The molecule has 1 saturated heterocycles. The Bertz CT molecular complexity index is 793. The second-order valence-corrected chi connectivity index (χ2v) is 7.99. The molecule has 28 heavy (non-hydrogen) atoms. The second-order valence-electron chi connectivity index (χ2n) is 7.11. The molecule has 5 N–H and O–H groups in total. The van der Waals surface area contributed by atoms with Crippen LogP contribution in [-0.4, -0.2) is 53.7 Å². The van der Waals surface area contributed by atoms with Crippen LogP contribution in [-0.2, 0) is 0 Å². The topological polar surface area (TPSA) is 92.8 Å². The monoisotopic (exact) mass is 399 g/mol. The van der Waals surface area contributed by atoms with Crippen LogP contribution in [0.25, 0.3) is 0 Å². The fraction of sp³-hybridized carbons (Fsp3) is 0.400. The average Bonchev–Trinajstić information content (AvgIpc) is 2.71. The maximum atomic E-state index is 7.49. The van der Waals surface area contributed by atoms with Gasteiger partial charge in [0.05, 0.1) is 17.1 Å². The summed E-state index contributed by atoms with van der Waals surface area (Å²) in [6.45, 7) is 8.20. The van der Waals surface area contributed by atoms with Crippen molar-refractivity contribution in [1.82, 2.24) is 19.8 Å². The Hall–Kier alpha value is -2.45. The molecule has 8 heteroatoms. The molecule has 7 nitrogen and oxygen atoms in total. The maximum absolute atomic E-state index is 7.49. The van der Waals surface area contributed by atoms with Gasteiger partial charge in [-0.3, -0.25) is 0 Å².